The van der Waals surface area contributed by atoms with Gasteiger partial charge in [0.05, 0.1) is 18.3 Å². The van der Waals surface area contributed by atoms with Crippen LogP contribution in [0.5, 0.6) is 11.5 Å². The standard InChI is InChI=1S/C19H17NO5S.K/c1-24-14-8-4-13(5-9-14)16(21)11-25-15-6-2-12(3-7-15)10-17-18(22)20-19(23)26-17;/h2-9,17H,10-11H2,1H3,(H,20,22,23);/q;+1/p-1. The third-order valence-electron chi connectivity index (χ3n) is 3.85. The molecule has 0 aliphatic carbocycles. The number of carbonyl (C=O) groups excluding carboxylic acids is 3. The van der Waals surface area contributed by atoms with Crippen molar-refractivity contribution in [3.8, 4) is 11.5 Å². The van der Waals surface area contributed by atoms with Crippen LogP contribution in [0.15, 0.2) is 48.5 Å². The van der Waals surface area contributed by atoms with Gasteiger partial charge in [-0.2, -0.15) is 0 Å². The van der Waals surface area contributed by atoms with Crippen LogP contribution in [0.2, 0.25) is 0 Å². The molecule has 2 amide bonds. The Labute approximate surface area is 203 Å². The van der Waals surface area contributed by atoms with Crippen molar-refractivity contribution < 1.29 is 75.2 Å². The predicted molar refractivity (Wildman–Crippen MR) is 98.1 cm³/mol. The Morgan fingerprint density at radius 3 is 2.22 bits per heavy atom. The molecule has 0 saturated carbocycles. The topological polar surface area (TPSA) is 83.8 Å². The largest absolute Gasteiger partial charge is 1.00 e. The number of carbonyl (C=O) groups is 3. The van der Waals surface area contributed by atoms with E-state index >= 15 is 0 Å². The fraction of sp³-hybridized carbons (Fsp3) is 0.211. The molecule has 0 bridgehead atoms. The van der Waals surface area contributed by atoms with Crippen molar-refractivity contribution in [2.45, 2.75) is 11.7 Å². The summed E-state index contributed by atoms with van der Waals surface area (Å²) in [5.41, 5.74) is 1.45. The van der Waals surface area contributed by atoms with Crippen LogP contribution in [0.1, 0.15) is 15.9 Å². The molecule has 1 heterocycles. The number of hydrogen-bond acceptors (Lipinski definition) is 6. The van der Waals surface area contributed by atoms with Crippen LogP contribution in [-0.4, -0.2) is 35.9 Å². The van der Waals surface area contributed by atoms with Gasteiger partial charge in [0.15, 0.2) is 12.4 Å². The molecule has 1 unspecified atom stereocenters. The van der Waals surface area contributed by atoms with Crippen molar-refractivity contribution in [3.05, 3.63) is 65.0 Å². The molecule has 6 nitrogen and oxygen atoms in total. The SMILES string of the molecule is COc1ccc(C(=O)COc2ccc(CC3SC(=O)[N-]C3=O)cc2)cc1.[K+]. The minimum absolute atomic E-state index is 0. The van der Waals surface area contributed by atoms with E-state index in [-0.39, 0.29) is 69.7 Å². The van der Waals surface area contributed by atoms with E-state index in [2.05, 4.69) is 5.32 Å². The first kappa shape index (κ1) is 22.1. The summed E-state index contributed by atoms with van der Waals surface area (Å²) in [6.07, 6.45) is 0.434. The maximum Gasteiger partial charge on any atom is 1.00 e. The van der Waals surface area contributed by atoms with Crippen LogP contribution in [0, 0.1) is 0 Å². The number of hydrogen-bond donors (Lipinski definition) is 0. The third kappa shape index (κ3) is 6.16. The molecule has 27 heavy (non-hydrogen) atoms. The van der Waals surface area contributed by atoms with Crippen LogP contribution in [-0.2, 0) is 11.2 Å². The quantitative estimate of drug-likeness (QED) is 0.493. The van der Waals surface area contributed by atoms with Gasteiger partial charge < -0.3 is 24.4 Å². The van der Waals surface area contributed by atoms with Gasteiger partial charge in [0.1, 0.15) is 16.7 Å². The minimum Gasteiger partial charge on any atom is -0.585 e. The van der Waals surface area contributed by atoms with Crippen LogP contribution < -0.4 is 60.9 Å². The summed E-state index contributed by atoms with van der Waals surface area (Å²) in [6.45, 7) is -0.0734. The van der Waals surface area contributed by atoms with Gasteiger partial charge in [-0.05, 0) is 48.4 Å². The Morgan fingerprint density at radius 2 is 1.67 bits per heavy atom. The van der Waals surface area contributed by atoms with Crippen LogP contribution in [0.3, 0.4) is 0 Å². The van der Waals surface area contributed by atoms with Crippen molar-refractivity contribution in [2.24, 2.45) is 0 Å². The molecule has 3 rings (SSSR count). The molecule has 1 aliphatic heterocycles. The maximum atomic E-state index is 12.1. The van der Waals surface area contributed by atoms with E-state index in [1.54, 1.807) is 43.5 Å². The maximum absolute atomic E-state index is 12.1. The number of thioether (sulfide) groups is 1. The van der Waals surface area contributed by atoms with Gasteiger partial charge >= 0.3 is 51.4 Å². The number of ether oxygens (including phenoxy) is 2. The number of Topliss-reactive ketones (excluding diaryl/α,β-unsaturated/α-hetero) is 1. The molecular weight excluding hydrogens is 393 g/mol. The number of methoxy groups -OCH3 is 1. The summed E-state index contributed by atoms with van der Waals surface area (Å²) < 4.78 is 10.6. The summed E-state index contributed by atoms with van der Waals surface area (Å²) >= 11 is 0.947. The molecular formula is C19H16KNO5S. The van der Waals surface area contributed by atoms with Gasteiger partial charge in [0.2, 0.25) is 0 Å². The molecule has 1 atom stereocenters. The van der Waals surface area contributed by atoms with Crippen LogP contribution in [0.4, 0.5) is 4.79 Å². The zero-order valence-electron chi connectivity index (χ0n) is 15.0. The van der Waals surface area contributed by atoms with Gasteiger partial charge in [-0.25, -0.2) is 0 Å². The van der Waals surface area contributed by atoms with Crippen molar-refractivity contribution >= 4 is 28.7 Å². The van der Waals surface area contributed by atoms with Gasteiger partial charge in [-0.3, -0.25) is 4.79 Å². The smallest absolute Gasteiger partial charge is 0.585 e. The summed E-state index contributed by atoms with van der Waals surface area (Å²) in [6, 6.07) is 13.9. The predicted octanol–water partition coefficient (Wildman–Crippen LogP) is 0.639. The Hall–Kier alpha value is -1.16. The first-order valence-corrected chi connectivity index (χ1v) is 8.78. The average molecular weight is 410 g/mol. The second kappa shape index (κ2) is 10.4. The van der Waals surface area contributed by atoms with Crippen LogP contribution in [0.25, 0.3) is 5.32 Å². The summed E-state index contributed by atoms with van der Waals surface area (Å²) in [5, 5.41) is 2.50. The average Bonchev–Trinajstić information content (AvgIpc) is 2.98. The first-order valence-electron chi connectivity index (χ1n) is 7.90. The Morgan fingerprint density at radius 1 is 1.04 bits per heavy atom. The number of amides is 2. The van der Waals surface area contributed by atoms with Crippen molar-refractivity contribution in [1.29, 1.82) is 0 Å². The summed E-state index contributed by atoms with van der Waals surface area (Å²) in [7, 11) is 1.57. The molecule has 0 radical (unpaired) electrons. The summed E-state index contributed by atoms with van der Waals surface area (Å²) in [4.78, 5) is 34.8. The van der Waals surface area contributed by atoms with Gasteiger partial charge in [-0.1, -0.05) is 23.9 Å². The molecule has 1 saturated heterocycles. The molecule has 0 spiro atoms. The van der Waals surface area contributed by atoms with E-state index in [1.807, 2.05) is 12.1 Å². The normalized spacial score (nSPS) is 15.7. The number of imide groups is 1. The Bertz CT molecular complexity index is 823. The molecule has 2 aromatic rings. The van der Waals surface area contributed by atoms with Gasteiger partial charge in [-0.15, -0.1) is 0 Å². The van der Waals surface area contributed by atoms with Gasteiger partial charge in [0.25, 0.3) is 0 Å². The second-order valence-corrected chi connectivity index (χ2v) is 6.76. The zero-order chi connectivity index (χ0) is 18.5. The van der Waals surface area contributed by atoms with Crippen LogP contribution >= 0.6 is 11.8 Å². The monoisotopic (exact) mass is 409 g/mol. The molecule has 0 N–H and O–H groups in total. The number of nitrogens with zero attached hydrogens (tertiary/aromatic N) is 1. The van der Waals surface area contributed by atoms with E-state index in [9.17, 15) is 14.4 Å². The summed E-state index contributed by atoms with van der Waals surface area (Å²) in [5.74, 6) is 0.725. The fourth-order valence-corrected chi connectivity index (χ4v) is 3.25. The zero-order valence-corrected chi connectivity index (χ0v) is 18.9. The van der Waals surface area contributed by atoms with E-state index in [0.29, 0.717) is 23.5 Å². The van der Waals surface area contributed by atoms with Crippen molar-refractivity contribution in [1.82, 2.24) is 0 Å². The molecule has 1 fully saturated rings. The molecule has 134 valence electrons. The van der Waals surface area contributed by atoms with E-state index in [1.165, 1.54) is 0 Å². The number of rotatable bonds is 7. The van der Waals surface area contributed by atoms with Crippen molar-refractivity contribution in [3.63, 3.8) is 0 Å². The number of ketones is 1. The molecule has 8 heteroatoms. The van der Waals surface area contributed by atoms with E-state index in [4.69, 9.17) is 9.47 Å². The van der Waals surface area contributed by atoms with E-state index < -0.39 is 10.5 Å². The Balaban J connectivity index is 0.00000261. The number of benzene rings is 2. The van der Waals surface area contributed by atoms with Crippen molar-refractivity contribution in [2.75, 3.05) is 13.7 Å². The Kier molecular flexibility index (Phi) is 8.52. The third-order valence-corrected chi connectivity index (χ3v) is 4.79. The van der Waals surface area contributed by atoms with E-state index in [0.717, 1.165) is 17.3 Å². The molecule has 0 aromatic heterocycles. The molecule has 2 aromatic carbocycles. The first-order chi connectivity index (χ1) is 12.5. The molecule has 1 aliphatic rings. The van der Waals surface area contributed by atoms with Gasteiger partial charge in [0, 0.05) is 5.56 Å². The second-order valence-electron chi connectivity index (χ2n) is 5.61. The minimum atomic E-state index is -0.453. The fourth-order valence-electron chi connectivity index (χ4n) is 2.43.